The maximum Gasteiger partial charge on any atom is 0.142 e. The van der Waals surface area contributed by atoms with Crippen LogP contribution in [0.2, 0.25) is 25.7 Å². The number of aromatic nitrogens is 2. The second-order valence-corrected chi connectivity index (χ2v) is 13.5. The van der Waals surface area contributed by atoms with Crippen molar-refractivity contribution in [3.05, 3.63) is 16.8 Å². The maximum absolute atomic E-state index is 5.89. The average molecular weight is 375 g/mol. The molecule has 0 fully saturated rings. The minimum Gasteiger partial charge on any atom is -0.361 e. The van der Waals surface area contributed by atoms with E-state index in [1.807, 2.05) is 0 Å². The summed E-state index contributed by atoms with van der Waals surface area (Å²) in [6, 6.07) is 3.46. The molecule has 2 rings (SSSR count). The van der Waals surface area contributed by atoms with Gasteiger partial charge in [-0.25, -0.2) is 4.98 Å². The van der Waals surface area contributed by atoms with E-state index in [-0.39, 0.29) is 0 Å². The second kappa shape index (κ2) is 6.73. The Labute approximate surface area is 134 Å². The first-order valence-corrected chi connectivity index (χ1v) is 12.7. The van der Waals surface area contributed by atoms with Crippen LogP contribution in [-0.2, 0) is 23.2 Å². The van der Waals surface area contributed by atoms with Crippen molar-refractivity contribution >= 4 is 45.7 Å². The quantitative estimate of drug-likeness (QED) is 0.392. The first-order chi connectivity index (χ1) is 9.44. The molecule has 6 heteroatoms. The Kier molecular flexibility index (Phi) is 5.45. The van der Waals surface area contributed by atoms with Crippen LogP contribution in [0.15, 0.2) is 6.07 Å². The summed E-state index contributed by atoms with van der Waals surface area (Å²) in [6.45, 7) is 10.8. The molecule has 0 aromatic carbocycles. The summed E-state index contributed by atoms with van der Waals surface area (Å²) in [4.78, 5) is 7.21. The van der Waals surface area contributed by atoms with Gasteiger partial charge in [-0.3, -0.25) is 0 Å². The largest absolute Gasteiger partial charge is 0.361 e. The van der Waals surface area contributed by atoms with Crippen molar-refractivity contribution in [2.24, 2.45) is 0 Å². The third-order valence-corrected chi connectivity index (χ3v) is 6.63. The summed E-state index contributed by atoms with van der Waals surface area (Å²) < 4.78 is 8.09. The third-order valence-electron chi connectivity index (χ3n) is 3.26. The molecule has 2 aromatic rings. The van der Waals surface area contributed by atoms with E-state index in [0.29, 0.717) is 6.73 Å². The maximum atomic E-state index is 5.89. The van der Waals surface area contributed by atoms with Crippen LogP contribution in [-0.4, -0.2) is 24.2 Å². The predicted octanol–water partition coefficient (Wildman–Crippen LogP) is 4.87. The molecule has 0 bridgehead atoms. The van der Waals surface area contributed by atoms with E-state index >= 15 is 0 Å². The topological polar surface area (TPSA) is 27.1 Å². The van der Waals surface area contributed by atoms with Gasteiger partial charge >= 0.3 is 0 Å². The highest BCUT2D eigenvalue weighted by atomic mass is 79.9. The number of ether oxygens (including phenoxy) is 1. The van der Waals surface area contributed by atoms with Gasteiger partial charge in [0.15, 0.2) is 0 Å². The number of hydrogen-bond donors (Lipinski definition) is 0. The van der Waals surface area contributed by atoms with Crippen molar-refractivity contribution in [3.63, 3.8) is 0 Å². The summed E-state index contributed by atoms with van der Waals surface area (Å²) in [5.41, 5.74) is 1.22. The molecule has 0 aliphatic carbocycles. The molecule has 0 spiro atoms. The number of halogens is 1. The summed E-state index contributed by atoms with van der Waals surface area (Å²) >= 11 is 5.31. The van der Waals surface area contributed by atoms with Gasteiger partial charge in [0.2, 0.25) is 0 Å². The molecule has 2 heterocycles. The summed E-state index contributed by atoms with van der Waals surface area (Å²) in [7, 11) is -1.01. The Morgan fingerprint density at radius 3 is 2.75 bits per heavy atom. The van der Waals surface area contributed by atoms with Gasteiger partial charge in [-0.05, 0) is 18.5 Å². The standard InChI is InChI=1S/C14H23BrN2OSSi/c1-5-11-8-12-14(19-11)16-13(9-15)17(12)10-18-6-7-20(2,3)4/h8H,5-7,9-10H2,1-4H3. The van der Waals surface area contributed by atoms with Gasteiger partial charge in [0.25, 0.3) is 0 Å². The SMILES string of the molecule is CCc1cc2c(nc(CBr)n2COCC[Si](C)(C)C)s1. The number of aryl methyl sites for hydroxylation is 1. The molecule has 0 saturated carbocycles. The van der Waals surface area contributed by atoms with Gasteiger partial charge in [0, 0.05) is 19.6 Å². The molecule has 0 aliphatic rings. The monoisotopic (exact) mass is 374 g/mol. The Hall–Kier alpha value is -0.173. The highest BCUT2D eigenvalue weighted by molar-refractivity contribution is 9.08. The number of nitrogens with zero attached hydrogens (tertiary/aromatic N) is 2. The van der Waals surface area contributed by atoms with Crippen LogP contribution in [0.5, 0.6) is 0 Å². The molecular formula is C14H23BrN2OSSi. The zero-order valence-electron chi connectivity index (χ0n) is 12.7. The predicted molar refractivity (Wildman–Crippen MR) is 93.7 cm³/mol. The van der Waals surface area contributed by atoms with Gasteiger partial charge in [-0.1, -0.05) is 42.5 Å². The highest BCUT2D eigenvalue weighted by Crippen LogP contribution is 2.27. The van der Waals surface area contributed by atoms with Crippen LogP contribution in [0.3, 0.4) is 0 Å². The van der Waals surface area contributed by atoms with Gasteiger partial charge in [-0.2, -0.15) is 0 Å². The summed E-state index contributed by atoms with van der Waals surface area (Å²) in [6.07, 6.45) is 1.07. The first kappa shape index (κ1) is 16.2. The zero-order chi connectivity index (χ0) is 14.8. The molecule has 0 radical (unpaired) electrons. The van der Waals surface area contributed by atoms with Crippen molar-refractivity contribution in [1.82, 2.24) is 9.55 Å². The Morgan fingerprint density at radius 1 is 1.40 bits per heavy atom. The highest BCUT2D eigenvalue weighted by Gasteiger charge is 2.15. The Bertz CT molecular complexity index is 573. The lowest BCUT2D eigenvalue weighted by Gasteiger charge is -2.16. The van der Waals surface area contributed by atoms with Crippen molar-refractivity contribution in [3.8, 4) is 0 Å². The molecule has 3 nitrogen and oxygen atoms in total. The van der Waals surface area contributed by atoms with E-state index in [1.165, 1.54) is 16.4 Å². The molecule has 2 aromatic heterocycles. The number of thiophene rings is 1. The van der Waals surface area contributed by atoms with Crippen LogP contribution >= 0.6 is 27.3 Å². The van der Waals surface area contributed by atoms with Gasteiger partial charge in [-0.15, -0.1) is 11.3 Å². The van der Waals surface area contributed by atoms with E-state index < -0.39 is 8.07 Å². The molecular weight excluding hydrogens is 352 g/mol. The first-order valence-electron chi connectivity index (χ1n) is 7.06. The van der Waals surface area contributed by atoms with Crippen LogP contribution in [0.4, 0.5) is 0 Å². The lowest BCUT2D eigenvalue weighted by Crippen LogP contribution is -2.22. The number of rotatable bonds is 7. The summed E-state index contributed by atoms with van der Waals surface area (Å²) in [5, 5.41) is 0.771. The zero-order valence-corrected chi connectivity index (χ0v) is 16.1. The molecule has 0 atom stereocenters. The lowest BCUT2D eigenvalue weighted by molar-refractivity contribution is 0.0884. The Balaban J connectivity index is 2.08. The van der Waals surface area contributed by atoms with Crippen molar-refractivity contribution < 1.29 is 4.74 Å². The van der Waals surface area contributed by atoms with Crippen molar-refractivity contribution in [2.45, 2.75) is 51.1 Å². The number of hydrogen-bond acceptors (Lipinski definition) is 3. The fraction of sp³-hybridized carbons (Fsp3) is 0.643. The van der Waals surface area contributed by atoms with Gasteiger partial charge in [0.1, 0.15) is 17.4 Å². The molecule has 112 valence electrons. The summed E-state index contributed by atoms with van der Waals surface area (Å²) in [5.74, 6) is 1.06. The fourth-order valence-electron chi connectivity index (χ4n) is 1.96. The smallest absolute Gasteiger partial charge is 0.142 e. The molecule has 0 N–H and O–H groups in total. The van der Waals surface area contributed by atoms with Crippen LogP contribution in [0.25, 0.3) is 10.3 Å². The lowest BCUT2D eigenvalue weighted by atomic mass is 10.4. The van der Waals surface area contributed by atoms with E-state index in [0.717, 1.165) is 29.0 Å². The number of imidazole rings is 1. The molecule has 0 saturated heterocycles. The minimum absolute atomic E-state index is 0.613. The molecule has 0 unspecified atom stereocenters. The Morgan fingerprint density at radius 2 is 2.15 bits per heavy atom. The van der Waals surface area contributed by atoms with Crippen LogP contribution < -0.4 is 0 Å². The fourth-order valence-corrected chi connectivity index (χ4v) is 4.14. The number of alkyl halides is 1. The van der Waals surface area contributed by atoms with Crippen LogP contribution in [0.1, 0.15) is 17.6 Å². The molecule has 20 heavy (non-hydrogen) atoms. The van der Waals surface area contributed by atoms with Crippen molar-refractivity contribution in [2.75, 3.05) is 6.61 Å². The van der Waals surface area contributed by atoms with Gasteiger partial charge < -0.3 is 9.30 Å². The molecule has 0 amide bonds. The third kappa shape index (κ3) is 3.93. The van der Waals surface area contributed by atoms with E-state index in [1.54, 1.807) is 11.3 Å². The number of fused-ring (bicyclic) bond motifs is 1. The second-order valence-electron chi connectivity index (χ2n) is 6.19. The van der Waals surface area contributed by atoms with Crippen LogP contribution in [0, 0.1) is 0 Å². The normalized spacial score (nSPS) is 12.4. The van der Waals surface area contributed by atoms with E-state index in [2.05, 4.69) is 53.1 Å². The molecule has 0 aliphatic heterocycles. The van der Waals surface area contributed by atoms with E-state index in [9.17, 15) is 0 Å². The van der Waals surface area contributed by atoms with E-state index in [4.69, 9.17) is 9.72 Å². The van der Waals surface area contributed by atoms with Crippen molar-refractivity contribution in [1.29, 1.82) is 0 Å². The average Bonchev–Trinajstić information content (AvgIpc) is 2.90. The minimum atomic E-state index is -1.01. The van der Waals surface area contributed by atoms with Gasteiger partial charge in [0.05, 0.1) is 10.8 Å².